The number of aliphatic carboxylic acids is 1. The van der Waals surface area contributed by atoms with Crippen molar-refractivity contribution in [2.24, 2.45) is 0 Å². The first-order valence-corrected chi connectivity index (χ1v) is 12.0. The monoisotopic (exact) mass is 487 g/mol. The quantitative estimate of drug-likeness (QED) is 0.410. The molecule has 4 aromatic rings. The summed E-state index contributed by atoms with van der Waals surface area (Å²) in [6.07, 6.45) is 2.60. The lowest BCUT2D eigenvalue weighted by Crippen LogP contribution is -2.11. The van der Waals surface area contributed by atoms with E-state index in [1.807, 2.05) is 68.5 Å². The molecule has 0 unspecified atom stereocenters. The largest absolute Gasteiger partial charge is 0.493 e. The van der Waals surface area contributed by atoms with Gasteiger partial charge < -0.3 is 19.8 Å². The van der Waals surface area contributed by atoms with Crippen LogP contribution in [0.25, 0.3) is 32.9 Å². The normalized spacial score (nSPS) is 12.6. The van der Waals surface area contributed by atoms with Crippen LogP contribution in [0.3, 0.4) is 0 Å². The summed E-state index contributed by atoms with van der Waals surface area (Å²) in [4.78, 5) is 23.2. The Bertz CT molecular complexity index is 1440. The standard InChI is InChI=1S/C25H23N3O3.C4H10O/c1-14-12-19-16(5-7-21(27-19)28(2)3)24(18(14)13-22(29)30)17-4-6-20-23-15(9-11-31-20)8-10-26-25(17)23;1-4(2,3)5/h4-8,10,12H,9,11,13H2,1-3H3,(H,29,30);5H,1-3H3. The van der Waals surface area contributed by atoms with Gasteiger partial charge in [0.1, 0.15) is 11.6 Å². The molecule has 1 aliphatic rings. The molecule has 3 heterocycles. The molecule has 0 fully saturated rings. The minimum atomic E-state index is -0.861. The Hall–Kier alpha value is -3.71. The number of rotatable bonds is 4. The lowest BCUT2D eigenvalue weighted by Gasteiger charge is -2.22. The Balaban J connectivity index is 0.000000556. The number of aryl methyl sites for hydroxylation is 1. The summed E-state index contributed by atoms with van der Waals surface area (Å²) in [5.41, 5.74) is 5.88. The summed E-state index contributed by atoms with van der Waals surface area (Å²) in [5.74, 6) is 0.825. The Kier molecular flexibility index (Phi) is 6.87. The summed E-state index contributed by atoms with van der Waals surface area (Å²) in [6.45, 7) is 7.83. The number of anilines is 1. The minimum absolute atomic E-state index is 0.0635. The number of nitrogens with zero attached hydrogens (tertiary/aromatic N) is 3. The maximum atomic E-state index is 11.8. The third kappa shape index (κ3) is 5.26. The highest BCUT2D eigenvalue weighted by molar-refractivity contribution is 6.08. The van der Waals surface area contributed by atoms with Crippen molar-refractivity contribution >= 4 is 33.6 Å². The Morgan fingerprint density at radius 1 is 1.14 bits per heavy atom. The second-order valence-electron chi connectivity index (χ2n) is 10.3. The molecule has 0 radical (unpaired) electrons. The molecule has 0 atom stereocenters. The molecule has 7 heteroatoms. The van der Waals surface area contributed by atoms with Gasteiger partial charge in [0.15, 0.2) is 0 Å². The molecule has 2 aromatic carbocycles. The molecule has 0 aliphatic carbocycles. The highest BCUT2D eigenvalue weighted by Gasteiger charge is 2.22. The lowest BCUT2D eigenvalue weighted by atomic mass is 9.88. The lowest BCUT2D eigenvalue weighted by molar-refractivity contribution is -0.136. The van der Waals surface area contributed by atoms with E-state index in [9.17, 15) is 9.90 Å². The molecule has 0 amide bonds. The van der Waals surface area contributed by atoms with E-state index in [-0.39, 0.29) is 6.42 Å². The van der Waals surface area contributed by atoms with E-state index in [1.54, 1.807) is 20.8 Å². The molecule has 0 spiro atoms. The van der Waals surface area contributed by atoms with Gasteiger partial charge in [-0.05, 0) is 86.3 Å². The van der Waals surface area contributed by atoms with Gasteiger partial charge in [-0.2, -0.15) is 0 Å². The predicted molar refractivity (Wildman–Crippen MR) is 144 cm³/mol. The molecule has 36 heavy (non-hydrogen) atoms. The first-order chi connectivity index (χ1) is 16.9. The molecule has 7 nitrogen and oxygen atoms in total. The fourth-order valence-corrected chi connectivity index (χ4v) is 4.48. The Morgan fingerprint density at radius 2 is 1.86 bits per heavy atom. The van der Waals surface area contributed by atoms with Crippen LogP contribution in [0.4, 0.5) is 5.82 Å². The van der Waals surface area contributed by atoms with E-state index in [0.29, 0.717) is 6.61 Å². The van der Waals surface area contributed by atoms with Gasteiger partial charge in [0.25, 0.3) is 0 Å². The first kappa shape index (κ1) is 25.4. The average Bonchev–Trinajstić information content (AvgIpc) is 2.79. The van der Waals surface area contributed by atoms with Gasteiger partial charge in [0.05, 0.1) is 29.7 Å². The number of fused-ring (bicyclic) bond motifs is 1. The van der Waals surface area contributed by atoms with Crippen LogP contribution in [0.5, 0.6) is 5.75 Å². The molecule has 5 rings (SSSR count). The molecule has 0 saturated heterocycles. The minimum Gasteiger partial charge on any atom is -0.493 e. The van der Waals surface area contributed by atoms with Crippen molar-refractivity contribution in [3.05, 3.63) is 59.3 Å². The van der Waals surface area contributed by atoms with Crippen LogP contribution >= 0.6 is 0 Å². The second kappa shape index (κ2) is 9.74. The molecular formula is C29H33N3O4. The number of pyridine rings is 2. The van der Waals surface area contributed by atoms with E-state index >= 15 is 0 Å². The number of ether oxygens (including phenoxy) is 1. The van der Waals surface area contributed by atoms with Gasteiger partial charge in [-0.25, -0.2) is 4.98 Å². The second-order valence-corrected chi connectivity index (χ2v) is 10.3. The number of carbonyl (C=O) groups is 1. The highest BCUT2D eigenvalue weighted by Crippen LogP contribution is 2.42. The van der Waals surface area contributed by atoms with Crippen LogP contribution in [0, 0.1) is 6.92 Å². The highest BCUT2D eigenvalue weighted by atomic mass is 16.5. The van der Waals surface area contributed by atoms with Crippen LogP contribution < -0.4 is 9.64 Å². The summed E-state index contributed by atoms with van der Waals surface area (Å²) in [5, 5.41) is 20.1. The van der Waals surface area contributed by atoms with Crippen LogP contribution in [-0.4, -0.2) is 52.5 Å². The SMILES string of the molecule is CC(C)(C)O.Cc1cc2nc(N(C)C)ccc2c(-c2ccc3c4c(ccnc24)CCO3)c1CC(=O)O. The van der Waals surface area contributed by atoms with Crippen LogP contribution in [0.2, 0.25) is 0 Å². The summed E-state index contributed by atoms with van der Waals surface area (Å²) in [6, 6.07) is 12.0. The molecule has 0 bridgehead atoms. The van der Waals surface area contributed by atoms with Gasteiger partial charge in [0, 0.05) is 43.0 Å². The maximum absolute atomic E-state index is 11.8. The van der Waals surface area contributed by atoms with Crippen molar-refractivity contribution in [3.63, 3.8) is 0 Å². The number of carboxylic acid groups (broad SMARTS) is 1. The number of hydrogen-bond donors (Lipinski definition) is 2. The van der Waals surface area contributed by atoms with Crippen LogP contribution in [0.1, 0.15) is 37.5 Å². The van der Waals surface area contributed by atoms with Gasteiger partial charge in [-0.3, -0.25) is 9.78 Å². The smallest absolute Gasteiger partial charge is 0.307 e. The Morgan fingerprint density at radius 3 is 2.53 bits per heavy atom. The molecule has 188 valence electrons. The van der Waals surface area contributed by atoms with Crippen molar-refractivity contribution in [2.75, 3.05) is 25.6 Å². The van der Waals surface area contributed by atoms with Gasteiger partial charge >= 0.3 is 5.97 Å². The van der Waals surface area contributed by atoms with Crippen molar-refractivity contribution in [1.29, 1.82) is 0 Å². The zero-order valence-electron chi connectivity index (χ0n) is 21.7. The van der Waals surface area contributed by atoms with Gasteiger partial charge in [-0.15, -0.1) is 0 Å². The fourth-order valence-electron chi connectivity index (χ4n) is 4.48. The number of aliphatic hydroxyl groups is 1. The third-order valence-corrected chi connectivity index (χ3v) is 5.94. The average molecular weight is 488 g/mol. The summed E-state index contributed by atoms with van der Waals surface area (Å²) in [7, 11) is 3.91. The van der Waals surface area contributed by atoms with Crippen molar-refractivity contribution in [1.82, 2.24) is 9.97 Å². The van der Waals surface area contributed by atoms with E-state index < -0.39 is 11.6 Å². The number of benzene rings is 2. The van der Waals surface area contributed by atoms with E-state index in [2.05, 4.69) is 0 Å². The fraction of sp³-hybridized carbons (Fsp3) is 0.345. The summed E-state index contributed by atoms with van der Waals surface area (Å²) < 4.78 is 5.88. The van der Waals surface area contributed by atoms with Crippen molar-refractivity contribution in [2.45, 2.75) is 46.1 Å². The first-order valence-electron chi connectivity index (χ1n) is 12.0. The topological polar surface area (TPSA) is 95.8 Å². The maximum Gasteiger partial charge on any atom is 0.307 e. The van der Waals surface area contributed by atoms with Gasteiger partial charge in [0.2, 0.25) is 0 Å². The number of carboxylic acids is 1. The third-order valence-electron chi connectivity index (χ3n) is 5.94. The Labute approximate surface area is 211 Å². The van der Waals surface area contributed by atoms with Crippen LogP contribution in [0.15, 0.2) is 42.6 Å². The van der Waals surface area contributed by atoms with Gasteiger partial charge in [-0.1, -0.05) is 0 Å². The van der Waals surface area contributed by atoms with E-state index in [1.165, 1.54) is 5.56 Å². The number of aromatic nitrogens is 2. The zero-order chi connectivity index (χ0) is 26.2. The summed E-state index contributed by atoms with van der Waals surface area (Å²) >= 11 is 0. The molecule has 2 aromatic heterocycles. The molecule has 2 N–H and O–H groups in total. The van der Waals surface area contributed by atoms with E-state index in [4.69, 9.17) is 19.8 Å². The van der Waals surface area contributed by atoms with Crippen molar-refractivity contribution < 1.29 is 19.7 Å². The number of hydrogen-bond acceptors (Lipinski definition) is 6. The molecular weight excluding hydrogens is 454 g/mol. The predicted octanol–water partition coefficient (Wildman–Crippen LogP) is 5.16. The molecule has 1 aliphatic heterocycles. The van der Waals surface area contributed by atoms with E-state index in [0.717, 1.165) is 62.0 Å². The van der Waals surface area contributed by atoms with Crippen LogP contribution in [-0.2, 0) is 17.6 Å². The zero-order valence-corrected chi connectivity index (χ0v) is 21.7. The molecule has 0 saturated carbocycles. The van der Waals surface area contributed by atoms with Crippen molar-refractivity contribution in [3.8, 4) is 16.9 Å².